The second-order valence-electron chi connectivity index (χ2n) is 3.73. The molecule has 7 nitrogen and oxygen atoms in total. The molecule has 7 heteroatoms. The van der Waals surface area contributed by atoms with E-state index in [1.807, 2.05) is 20.8 Å². The van der Waals surface area contributed by atoms with E-state index in [1.165, 1.54) is 7.11 Å². The molecule has 1 heterocycles. The molecule has 102 valence electrons. The molecular weight excluding hydrogens is 236 g/mol. The van der Waals surface area contributed by atoms with Crippen LogP contribution in [0.5, 0.6) is 12.0 Å². The van der Waals surface area contributed by atoms with Crippen LogP contribution >= 0.6 is 0 Å². The Labute approximate surface area is 107 Å². The fourth-order valence-electron chi connectivity index (χ4n) is 1.15. The van der Waals surface area contributed by atoms with Gasteiger partial charge in [0.15, 0.2) is 0 Å². The summed E-state index contributed by atoms with van der Waals surface area (Å²) in [6, 6.07) is 0.450. The van der Waals surface area contributed by atoms with Crippen molar-refractivity contribution in [2.75, 3.05) is 32.2 Å². The maximum Gasteiger partial charge on any atom is 0.324 e. The zero-order valence-electron chi connectivity index (χ0n) is 11.3. The number of aromatic nitrogens is 3. The Kier molecular flexibility index (Phi) is 6.13. The first-order valence-corrected chi connectivity index (χ1v) is 5.94. The van der Waals surface area contributed by atoms with Crippen LogP contribution in [0.15, 0.2) is 0 Å². The molecule has 18 heavy (non-hydrogen) atoms. The van der Waals surface area contributed by atoms with Crippen LogP contribution in [-0.2, 0) is 4.74 Å². The summed E-state index contributed by atoms with van der Waals surface area (Å²) in [4.78, 5) is 12.1. The van der Waals surface area contributed by atoms with E-state index >= 15 is 0 Å². The molecule has 0 amide bonds. The van der Waals surface area contributed by atoms with Gasteiger partial charge in [0, 0.05) is 6.54 Å². The van der Waals surface area contributed by atoms with Crippen molar-refractivity contribution in [1.82, 2.24) is 15.0 Å². The summed E-state index contributed by atoms with van der Waals surface area (Å²) in [5, 5.41) is 2.98. The minimum Gasteiger partial charge on any atom is -0.467 e. The van der Waals surface area contributed by atoms with Crippen LogP contribution in [-0.4, -0.2) is 47.9 Å². The Morgan fingerprint density at radius 3 is 2.44 bits per heavy atom. The van der Waals surface area contributed by atoms with E-state index in [2.05, 4.69) is 20.3 Å². The fourth-order valence-corrected chi connectivity index (χ4v) is 1.15. The summed E-state index contributed by atoms with van der Waals surface area (Å²) < 4.78 is 15.7. The van der Waals surface area contributed by atoms with Gasteiger partial charge >= 0.3 is 12.0 Å². The minimum absolute atomic E-state index is 0.179. The van der Waals surface area contributed by atoms with Crippen LogP contribution in [0.2, 0.25) is 0 Å². The first kappa shape index (κ1) is 14.4. The first-order chi connectivity index (χ1) is 8.65. The average molecular weight is 256 g/mol. The van der Waals surface area contributed by atoms with E-state index in [4.69, 9.17) is 14.2 Å². The zero-order chi connectivity index (χ0) is 13.4. The summed E-state index contributed by atoms with van der Waals surface area (Å²) >= 11 is 0. The predicted molar refractivity (Wildman–Crippen MR) is 67.1 cm³/mol. The van der Waals surface area contributed by atoms with E-state index in [0.717, 1.165) is 0 Å². The largest absolute Gasteiger partial charge is 0.467 e. The van der Waals surface area contributed by atoms with Gasteiger partial charge in [0.1, 0.15) is 6.61 Å². The summed E-state index contributed by atoms with van der Waals surface area (Å²) in [5.74, 6) is 0.434. The van der Waals surface area contributed by atoms with Crippen LogP contribution in [0.1, 0.15) is 20.8 Å². The average Bonchev–Trinajstić information content (AvgIpc) is 2.34. The maximum atomic E-state index is 5.38. The van der Waals surface area contributed by atoms with Crippen molar-refractivity contribution in [2.45, 2.75) is 26.9 Å². The number of nitrogens with zero attached hydrogens (tertiary/aromatic N) is 3. The van der Waals surface area contributed by atoms with Gasteiger partial charge in [0.25, 0.3) is 0 Å². The van der Waals surface area contributed by atoms with Crippen LogP contribution in [0.3, 0.4) is 0 Å². The Bertz CT molecular complexity index is 360. The van der Waals surface area contributed by atoms with Gasteiger partial charge in [-0.2, -0.15) is 9.97 Å². The van der Waals surface area contributed by atoms with E-state index in [9.17, 15) is 0 Å². The molecule has 0 fully saturated rings. The fraction of sp³-hybridized carbons (Fsp3) is 0.727. The molecule has 0 saturated carbocycles. The number of ether oxygens (including phenoxy) is 3. The molecule has 0 aliphatic carbocycles. The highest BCUT2D eigenvalue weighted by molar-refractivity contribution is 5.27. The monoisotopic (exact) mass is 256 g/mol. The lowest BCUT2D eigenvalue weighted by Gasteiger charge is -2.09. The Morgan fingerprint density at radius 1 is 1.11 bits per heavy atom. The molecule has 0 radical (unpaired) electrons. The number of hydrogen-bond acceptors (Lipinski definition) is 7. The summed E-state index contributed by atoms with van der Waals surface area (Å²) in [6.07, 6.45) is 0.179. The Morgan fingerprint density at radius 2 is 1.83 bits per heavy atom. The molecule has 0 atom stereocenters. The van der Waals surface area contributed by atoms with Crippen molar-refractivity contribution < 1.29 is 14.2 Å². The standard InChI is InChI=1S/C11H20N4O3/c1-5-12-9-13-10(16-4)15-11(14-9)18-7-6-17-8(2)3/h8H,5-7H2,1-4H3,(H,12,13,14,15). The van der Waals surface area contributed by atoms with Crippen molar-refractivity contribution in [3.05, 3.63) is 0 Å². The van der Waals surface area contributed by atoms with Crippen LogP contribution in [0, 0.1) is 0 Å². The van der Waals surface area contributed by atoms with Crippen molar-refractivity contribution in [3.8, 4) is 12.0 Å². The molecule has 1 aromatic heterocycles. The van der Waals surface area contributed by atoms with Gasteiger partial charge in [0.05, 0.1) is 19.8 Å². The van der Waals surface area contributed by atoms with E-state index in [0.29, 0.717) is 25.7 Å². The second-order valence-corrected chi connectivity index (χ2v) is 3.73. The summed E-state index contributed by atoms with van der Waals surface area (Å²) in [7, 11) is 1.50. The molecule has 0 aliphatic rings. The predicted octanol–water partition coefficient (Wildman–Crippen LogP) is 1.12. The molecule has 0 aliphatic heterocycles. The number of nitrogens with one attached hydrogen (secondary N) is 1. The zero-order valence-corrected chi connectivity index (χ0v) is 11.3. The van der Waals surface area contributed by atoms with Gasteiger partial charge in [-0.25, -0.2) is 0 Å². The van der Waals surface area contributed by atoms with Gasteiger partial charge in [-0.15, -0.1) is 4.98 Å². The lowest BCUT2D eigenvalue weighted by molar-refractivity contribution is 0.0529. The topological polar surface area (TPSA) is 78.4 Å². The normalized spacial score (nSPS) is 10.5. The van der Waals surface area contributed by atoms with Crippen molar-refractivity contribution in [1.29, 1.82) is 0 Å². The highest BCUT2D eigenvalue weighted by Gasteiger charge is 2.07. The van der Waals surface area contributed by atoms with Crippen molar-refractivity contribution in [3.63, 3.8) is 0 Å². The van der Waals surface area contributed by atoms with Crippen LogP contribution in [0.25, 0.3) is 0 Å². The van der Waals surface area contributed by atoms with Gasteiger partial charge in [-0.3, -0.25) is 0 Å². The third kappa shape index (κ3) is 5.13. The molecule has 0 spiro atoms. The van der Waals surface area contributed by atoms with Crippen molar-refractivity contribution >= 4 is 5.95 Å². The van der Waals surface area contributed by atoms with E-state index in [-0.39, 0.29) is 18.1 Å². The quantitative estimate of drug-likeness (QED) is 0.698. The highest BCUT2D eigenvalue weighted by atomic mass is 16.5. The molecule has 1 aromatic rings. The van der Waals surface area contributed by atoms with Gasteiger partial charge in [-0.05, 0) is 20.8 Å². The van der Waals surface area contributed by atoms with Crippen LogP contribution < -0.4 is 14.8 Å². The SMILES string of the molecule is CCNc1nc(OC)nc(OCCOC(C)C)n1. The molecule has 1 rings (SSSR count). The number of hydrogen-bond donors (Lipinski definition) is 1. The third-order valence-corrected chi connectivity index (χ3v) is 1.88. The molecular formula is C11H20N4O3. The van der Waals surface area contributed by atoms with E-state index < -0.39 is 0 Å². The summed E-state index contributed by atoms with van der Waals surface area (Å²) in [5.41, 5.74) is 0. The van der Waals surface area contributed by atoms with Crippen LogP contribution in [0.4, 0.5) is 5.95 Å². The molecule has 0 aromatic carbocycles. The lowest BCUT2D eigenvalue weighted by atomic mass is 10.5. The van der Waals surface area contributed by atoms with E-state index in [1.54, 1.807) is 0 Å². The first-order valence-electron chi connectivity index (χ1n) is 5.94. The minimum atomic E-state index is 0.179. The smallest absolute Gasteiger partial charge is 0.324 e. The summed E-state index contributed by atoms with van der Waals surface area (Å²) in [6.45, 7) is 7.47. The third-order valence-electron chi connectivity index (χ3n) is 1.88. The molecule has 0 unspecified atom stereocenters. The van der Waals surface area contributed by atoms with Gasteiger partial charge < -0.3 is 19.5 Å². The molecule has 0 saturated heterocycles. The lowest BCUT2D eigenvalue weighted by Crippen LogP contribution is -2.13. The van der Waals surface area contributed by atoms with Gasteiger partial charge in [0.2, 0.25) is 5.95 Å². The Balaban J connectivity index is 2.55. The molecule has 1 N–H and O–H groups in total. The number of anilines is 1. The Hall–Kier alpha value is -1.63. The second kappa shape index (κ2) is 7.65. The molecule has 0 bridgehead atoms. The van der Waals surface area contributed by atoms with Crippen molar-refractivity contribution in [2.24, 2.45) is 0 Å². The highest BCUT2D eigenvalue weighted by Crippen LogP contribution is 2.12. The van der Waals surface area contributed by atoms with Gasteiger partial charge in [-0.1, -0.05) is 0 Å². The number of methoxy groups -OCH3 is 1. The number of rotatable bonds is 8. The maximum absolute atomic E-state index is 5.38.